The molecule has 0 aliphatic rings. The van der Waals surface area contributed by atoms with Crippen molar-refractivity contribution in [1.82, 2.24) is 14.5 Å². The van der Waals surface area contributed by atoms with Gasteiger partial charge in [0, 0.05) is 42.5 Å². The van der Waals surface area contributed by atoms with E-state index in [1.54, 1.807) is 17.0 Å². The van der Waals surface area contributed by atoms with Crippen LogP contribution >= 0.6 is 0 Å². The molecule has 0 saturated heterocycles. The van der Waals surface area contributed by atoms with Crippen LogP contribution in [0.25, 0.3) is 21.9 Å². The zero-order chi connectivity index (χ0) is 18.5. The van der Waals surface area contributed by atoms with E-state index in [0.717, 1.165) is 29.4 Å². The molecule has 0 aliphatic carbocycles. The molecule has 3 rings (SSSR count). The van der Waals surface area contributed by atoms with Gasteiger partial charge >= 0.3 is 0 Å². The number of carbonyl (C=O) groups excluding carboxylic acids is 1. The zero-order valence-corrected chi connectivity index (χ0v) is 15.0. The summed E-state index contributed by atoms with van der Waals surface area (Å²) >= 11 is 0. The highest BCUT2D eigenvalue weighted by atomic mass is 16.1. The molecule has 1 amide bonds. The highest BCUT2D eigenvalue weighted by Gasteiger charge is 2.07. The first-order chi connectivity index (χ1) is 12.6. The highest BCUT2D eigenvalue weighted by Crippen LogP contribution is 2.22. The van der Waals surface area contributed by atoms with Gasteiger partial charge in [0.2, 0.25) is 11.9 Å². The third-order valence-corrected chi connectivity index (χ3v) is 4.16. The van der Waals surface area contributed by atoms with Gasteiger partial charge in [-0.1, -0.05) is 26.0 Å². The second kappa shape index (κ2) is 7.91. The molecule has 6 nitrogen and oxygen atoms in total. The normalized spacial score (nSPS) is 10.8. The van der Waals surface area contributed by atoms with Gasteiger partial charge in [-0.3, -0.25) is 14.9 Å². The number of nitrogens with zero attached hydrogens (tertiary/aromatic N) is 3. The Bertz CT molecular complexity index is 977. The summed E-state index contributed by atoms with van der Waals surface area (Å²) in [5.74, 6) is 0.195. The van der Waals surface area contributed by atoms with E-state index in [1.165, 1.54) is 0 Å². The predicted molar refractivity (Wildman–Crippen MR) is 103 cm³/mol. The van der Waals surface area contributed by atoms with Crippen molar-refractivity contribution in [2.24, 2.45) is 0 Å². The van der Waals surface area contributed by atoms with Gasteiger partial charge in [-0.25, -0.2) is 9.97 Å². The van der Waals surface area contributed by atoms with Gasteiger partial charge in [-0.2, -0.15) is 0 Å². The Balaban J connectivity index is 1.91. The highest BCUT2D eigenvalue weighted by molar-refractivity contribution is 5.89. The van der Waals surface area contributed by atoms with E-state index in [2.05, 4.69) is 15.3 Å². The lowest BCUT2D eigenvalue weighted by atomic mass is 10.0. The number of fused-ring (bicyclic) bond motifs is 1. The molecule has 134 valence electrons. The SMILES string of the molecule is CCCC(=O)Nc1ncc(-c2ccc3ccn(CCC)c(=O)c3c2)cn1. The Morgan fingerprint density at radius 3 is 2.54 bits per heavy atom. The van der Waals surface area contributed by atoms with E-state index in [0.29, 0.717) is 24.3 Å². The summed E-state index contributed by atoms with van der Waals surface area (Å²) in [5.41, 5.74) is 1.68. The van der Waals surface area contributed by atoms with Gasteiger partial charge in [-0.15, -0.1) is 0 Å². The number of carbonyl (C=O) groups is 1. The molecule has 0 radical (unpaired) electrons. The smallest absolute Gasteiger partial charge is 0.258 e. The lowest BCUT2D eigenvalue weighted by molar-refractivity contribution is -0.116. The van der Waals surface area contributed by atoms with Gasteiger partial charge in [-0.05, 0) is 35.9 Å². The molecule has 26 heavy (non-hydrogen) atoms. The lowest BCUT2D eigenvalue weighted by Crippen LogP contribution is -2.19. The lowest BCUT2D eigenvalue weighted by Gasteiger charge is -2.08. The molecule has 1 aromatic carbocycles. The van der Waals surface area contributed by atoms with E-state index in [1.807, 2.05) is 44.3 Å². The van der Waals surface area contributed by atoms with Gasteiger partial charge < -0.3 is 4.57 Å². The first-order valence-electron chi connectivity index (χ1n) is 8.88. The molecule has 0 atom stereocenters. The van der Waals surface area contributed by atoms with E-state index in [9.17, 15) is 9.59 Å². The van der Waals surface area contributed by atoms with Crippen LogP contribution in [-0.2, 0) is 11.3 Å². The first kappa shape index (κ1) is 17.8. The number of hydrogen-bond acceptors (Lipinski definition) is 4. The predicted octanol–water partition coefficient (Wildman–Crippen LogP) is 3.61. The third kappa shape index (κ3) is 3.79. The van der Waals surface area contributed by atoms with Crippen LogP contribution < -0.4 is 10.9 Å². The van der Waals surface area contributed by atoms with Crippen LogP contribution in [0.2, 0.25) is 0 Å². The summed E-state index contributed by atoms with van der Waals surface area (Å²) in [6, 6.07) is 7.70. The van der Waals surface area contributed by atoms with E-state index in [4.69, 9.17) is 0 Å². The van der Waals surface area contributed by atoms with E-state index >= 15 is 0 Å². The van der Waals surface area contributed by atoms with Gasteiger partial charge in [0.1, 0.15) is 0 Å². The molecule has 6 heteroatoms. The maximum atomic E-state index is 12.6. The molecule has 0 bridgehead atoms. The fourth-order valence-electron chi connectivity index (χ4n) is 2.83. The van der Waals surface area contributed by atoms with E-state index < -0.39 is 0 Å². The number of nitrogens with one attached hydrogen (secondary N) is 1. The topological polar surface area (TPSA) is 76.9 Å². The monoisotopic (exact) mass is 350 g/mol. The van der Waals surface area contributed by atoms with Crippen LogP contribution in [0.3, 0.4) is 0 Å². The van der Waals surface area contributed by atoms with Crippen molar-refractivity contribution in [3.63, 3.8) is 0 Å². The number of hydrogen-bond donors (Lipinski definition) is 1. The minimum atomic E-state index is -0.0950. The van der Waals surface area contributed by atoms with Crippen molar-refractivity contribution in [3.8, 4) is 11.1 Å². The Morgan fingerprint density at radius 1 is 1.08 bits per heavy atom. The average Bonchev–Trinajstić information content (AvgIpc) is 2.65. The average molecular weight is 350 g/mol. The number of aromatic nitrogens is 3. The van der Waals surface area contributed by atoms with Gasteiger partial charge in [0.15, 0.2) is 0 Å². The van der Waals surface area contributed by atoms with Crippen molar-refractivity contribution in [1.29, 1.82) is 0 Å². The van der Waals surface area contributed by atoms with Crippen LogP contribution in [0.1, 0.15) is 33.1 Å². The molecular formula is C20H22N4O2. The van der Waals surface area contributed by atoms with Crippen molar-refractivity contribution < 1.29 is 4.79 Å². The summed E-state index contributed by atoms with van der Waals surface area (Å²) in [4.78, 5) is 32.6. The third-order valence-electron chi connectivity index (χ3n) is 4.16. The summed E-state index contributed by atoms with van der Waals surface area (Å²) in [6.07, 6.45) is 7.28. The number of aryl methyl sites for hydroxylation is 1. The fourth-order valence-corrected chi connectivity index (χ4v) is 2.83. The summed E-state index contributed by atoms with van der Waals surface area (Å²) < 4.78 is 1.73. The number of benzene rings is 1. The molecular weight excluding hydrogens is 328 g/mol. The molecule has 2 heterocycles. The molecule has 1 N–H and O–H groups in total. The van der Waals surface area contributed by atoms with Crippen LogP contribution in [0.4, 0.5) is 5.95 Å². The van der Waals surface area contributed by atoms with Crippen molar-refractivity contribution in [2.75, 3.05) is 5.32 Å². The van der Waals surface area contributed by atoms with Crippen LogP contribution in [0, 0.1) is 0 Å². The summed E-state index contributed by atoms with van der Waals surface area (Å²) in [6.45, 7) is 4.69. The second-order valence-corrected chi connectivity index (χ2v) is 6.21. The van der Waals surface area contributed by atoms with Crippen molar-refractivity contribution >= 4 is 22.6 Å². The maximum Gasteiger partial charge on any atom is 0.258 e. The Hall–Kier alpha value is -3.02. The van der Waals surface area contributed by atoms with Crippen molar-refractivity contribution in [3.05, 3.63) is 53.2 Å². The zero-order valence-electron chi connectivity index (χ0n) is 15.0. The Labute approximate surface area is 151 Å². The Morgan fingerprint density at radius 2 is 1.85 bits per heavy atom. The molecule has 0 spiro atoms. The summed E-state index contributed by atoms with van der Waals surface area (Å²) in [5, 5.41) is 4.26. The molecule has 0 unspecified atom stereocenters. The van der Waals surface area contributed by atoms with Crippen LogP contribution in [0.15, 0.2) is 47.7 Å². The minimum absolute atomic E-state index is 0.00978. The molecule has 0 aliphatic heterocycles. The van der Waals surface area contributed by atoms with E-state index in [-0.39, 0.29) is 11.5 Å². The second-order valence-electron chi connectivity index (χ2n) is 6.21. The standard InChI is InChI=1S/C20H22N4O2/c1-3-5-18(25)23-20-21-12-16(13-22-20)15-7-6-14-8-10-24(9-4-2)19(26)17(14)11-15/h6-8,10-13H,3-5,9H2,1-2H3,(H,21,22,23,25). The number of pyridine rings is 1. The molecule has 3 aromatic rings. The quantitative estimate of drug-likeness (QED) is 0.737. The first-order valence-corrected chi connectivity index (χ1v) is 8.88. The van der Waals surface area contributed by atoms with Crippen molar-refractivity contribution in [2.45, 2.75) is 39.7 Å². The largest absolute Gasteiger partial charge is 0.315 e. The number of amides is 1. The number of rotatable bonds is 6. The molecule has 0 fully saturated rings. The van der Waals surface area contributed by atoms with Crippen LogP contribution in [-0.4, -0.2) is 20.4 Å². The number of anilines is 1. The summed E-state index contributed by atoms with van der Waals surface area (Å²) in [7, 11) is 0. The molecule has 0 saturated carbocycles. The van der Waals surface area contributed by atoms with Gasteiger partial charge in [0.05, 0.1) is 0 Å². The van der Waals surface area contributed by atoms with Crippen LogP contribution in [0.5, 0.6) is 0 Å². The van der Waals surface area contributed by atoms with Gasteiger partial charge in [0.25, 0.3) is 5.56 Å². The minimum Gasteiger partial charge on any atom is -0.315 e. The fraction of sp³-hybridized carbons (Fsp3) is 0.300. The Kier molecular flexibility index (Phi) is 5.41. The maximum absolute atomic E-state index is 12.6. The molecule has 2 aromatic heterocycles.